The van der Waals surface area contributed by atoms with Gasteiger partial charge in [-0.3, -0.25) is 4.90 Å². The molecule has 0 radical (unpaired) electrons. The Morgan fingerprint density at radius 2 is 1.84 bits per heavy atom. The van der Waals surface area contributed by atoms with Crippen LogP contribution in [0, 0.1) is 0 Å². The third-order valence-electron chi connectivity index (χ3n) is 3.52. The summed E-state index contributed by atoms with van der Waals surface area (Å²) in [5.74, 6) is 0.184. The third kappa shape index (κ3) is 3.86. The summed E-state index contributed by atoms with van der Waals surface area (Å²) in [6, 6.07) is 6.08. The van der Waals surface area contributed by atoms with Crippen molar-refractivity contribution in [2.75, 3.05) is 31.1 Å². The topological polar surface area (TPSA) is 69.8 Å². The monoisotopic (exact) mass is 263 g/mol. The van der Waals surface area contributed by atoms with Gasteiger partial charge in [0.25, 0.3) is 0 Å². The third-order valence-corrected chi connectivity index (χ3v) is 3.52. The molecule has 1 saturated heterocycles. The van der Waals surface area contributed by atoms with Gasteiger partial charge in [-0.1, -0.05) is 6.42 Å². The maximum absolute atomic E-state index is 11.5. The van der Waals surface area contributed by atoms with Gasteiger partial charge in [0.1, 0.15) is 5.75 Å². The Labute approximate surface area is 113 Å². The molecule has 1 aromatic carbocycles. The lowest BCUT2D eigenvalue weighted by Gasteiger charge is -2.29. The summed E-state index contributed by atoms with van der Waals surface area (Å²) < 4.78 is 0. The number of hydrogen-bond donors (Lipinski definition) is 2. The van der Waals surface area contributed by atoms with Crippen molar-refractivity contribution in [2.45, 2.75) is 19.3 Å². The molecule has 1 aliphatic rings. The summed E-state index contributed by atoms with van der Waals surface area (Å²) in [6.07, 6.45) is 3.76. The zero-order valence-corrected chi connectivity index (χ0v) is 11.1. The number of primary amides is 1. The lowest BCUT2D eigenvalue weighted by atomic mass is 10.1. The van der Waals surface area contributed by atoms with E-state index in [1.807, 2.05) is 0 Å². The van der Waals surface area contributed by atoms with E-state index in [4.69, 9.17) is 5.73 Å². The molecule has 1 heterocycles. The SMILES string of the molecule is NC(=O)N(CCN1CCCCC1)c1ccc(O)cc1. The number of benzene rings is 1. The number of nitrogens with zero attached hydrogens (tertiary/aromatic N) is 2. The molecule has 0 bridgehead atoms. The fourth-order valence-electron chi connectivity index (χ4n) is 2.42. The number of anilines is 1. The Morgan fingerprint density at radius 1 is 1.21 bits per heavy atom. The second kappa shape index (κ2) is 6.43. The minimum atomic E-state index is -0.456. The van der Waals surface area contributed by atoms with Crippen LogP contribution >= 0.6 is 0 Å². The zero-order chi connectivity index (χ0) is 13.7. The van der Waals surface area contributed by atoms with Gasteiger partial charge in [-0.15, -0.1) is 0 Å². The molecule has 5 heteroatoms. The quantitative estimate of drug-likeness (QED) is 0.869. The number of piperidine rings is 1. The van der Waals surface area contributed by atoms with Crippen molar-refractivity contribution in [3.05, 3.63) is 24.3 Å². The molecule has 5 nitrogen and oxygen atoms in total. The molecule has 1 aliphatic heterocycles. The van der Waals surface area contributed by atoms with E-state index in [-0.39, 0.29) is 5.75 Å². The van der Waals surface area contributed by atoms with Crippen molar-refractivity contribution < 1.29 is 9.90 Å². The smallest absolute Gasteiger partial charge is 0.319 e. The van der Waals surface area contributed by atoms with Crippen LogP contribution in [0.5, 0.6) is 5.75 Å². The first-order valence-corrected chi connectivity index (χ1v) is 6.75. The molecule has 0 unspecified atom stereocenters. The van der Waals surface area contributed by atoms with Crippen LogP contribution in [0.15, 0.2) is 24.3 Å². The van der Waals surface area contributed by atoms with Crippen LogP contribution in [0.4, 0.5) is 10.5 Å². The number of phenolic OH excluding ortho intramolecular Hbond substituents is 1. The number of urea groups is 1. The molecule has 1 fully saturated rings. The van der Waals surface area contributed by atoms with Gasteiger partial charge in [0.15, 0.2) is 0 Å². The van der Waals surface area contributed by atoms with Gasteiger partial charge in [-0.05, 0) is 50.2 Å². The lowest BCUT2D eigenvalue weighted by molar-refractivity contribution is 0.229. The van der Waals surface area contributed by atoms with E-state index in [2.05, 4.69) is 4.90 Å². The molecule has 104 valence electrons. The standard InChI is InChI=1S/C14H21N3O2/c15-14(19)17(12-4-6-13(18)7-5-12)11-10-16-8-2-1-3-9-16/h4-7,18H,1-3,8-11H2,(H2,15,19). The molecule has 0 aliphatic carbocycles. The van der Waals surface area contributed by atoms with E-state index in [1.54, 1.807) is 29.2 Å². The number of hydrogen-bond acceptors (Lipinski definition) is 3. The van der Waals surface area contributed by atoms with Crippen molar-refractivity contribution in [1.29, 1.82) is 0 Å². The number of likely N-dealkylation sites (tertiary alicyclic amines) is 1. The van der Waals surface area contributed by atoms with Crippen LogP contribution in [0.1, 0.15) is 19.3 Å². The van der Waals surface area contributed by atoms with Gasteiger partial charge < -0.3 is 15.7 Å². The van der Waals surface area contributed by atoms with Crippen molar-refractivity contribution in [1.82, 2.24) is 4.90 Å². The van der Waals surface area contributed by atoms with E-state index in [1.165, 1.54) is 19.3 Å². The molecular formula is C14H21N3O2. The van der Waals surface area contributed by atoms with Crippen molar-refractivity contribution in [3.8, 4) is 5.75 Å². The van der Waals surface area contributed by atoms with E-state index in [0.717, 1.165) is 25.3 Å². The highest BCUT2D eigenvalue weighted by atomic mass is 16.3. The average Bonchev–Trinajstić information content (AvgIpc) is 2.42. The van der Waals surface area contributed by atoms with E-state index in [9.17, 15) is 9.90 Å². The van der Waals surface area contributed by atoms with E-state index >= 15 is 0 Å². The number of nitrogens with two attached hydrogens (primary N) is 1. The predicted octanol–water partition coefficient (Wildman–Crippen LogP) is 1.76. The fraction of sp³-hybridized carbons (Fsp3) is 0.500. The summed E-state index contributed by atoms with van der Waals surface area (Å²) in [6.45, 7) is 3.62. The first kappa shape index (κ1) is 13.7. The Balaban J connectivity index is 1.96. The molecule has 3 N–H and O–H groups in total. The largest absolute Gasteiger partial charge is 0.508 e. The highest BCUT2D eigenvalue weighted by Gasteiger charge is 2.15. The van der Waals surface area contributed by atoms with E-state index < -0.39 is 6.03 Å². The first-order valence-electron chi connectivity index (χ1n) is 6.75. The van der Waals surface area contributed by atoms with Crippen LogP contribution in [-0.4, -0.2) is 42.2 Å². The van der Waals surface area contributed by atoms with Crippen molar-refractivity contribution >= 4 is 11.7 Å². The summed E-state index contributed by atoms with van der Waals surface area (Å²) in [5.41, 5.74) is 6.15. The second-order valence-electron chi connectivity index (χ2n) is 4.91. The van der Waals surface area contributed by atoms with Crippen LogP contribution in [0.3, 0.4) is 0 Å². The van der Waals surface area contributed by atoms with Gasteiger partial charge in [0.05, 0.1) is 0 Å². The van der Waals surface area contributed by atoms with Gasteiger partial charge in [0, 0.05) is 18.8 Å². The molecule has 0 spiro atoms. The molecule has 0 atom stereocenters. The molecule has 0 saturated carbocycles. The van der Waals surface area contributed by atoms with Gasteiger partial charge in [-0.2, -0.15) is 0 Å². The van der Waals surface area contributed by atoms with Gasteiger partial charge >= 0.3 is 6.03 Å². The van der Waals surface area contributed by atoms with Gasteiger partial charge in [0.2, 0.25) is 0 Å². The Morgan fingerprint density at radius 3 is 2.42 bits per heavy atom. The van der Waals surface area contributed by atoms with Crippen LogP contribution < -0.4 is 10.6 Å². The van der Waals surface area contributed by atoms with Crippen LogP contribution in [0.25, 0.3) is 0 Å². The van der Waals surface area contributed by atoms with E-state index in [0.29, 0.717) is 6.54 Å². The predicted molar refractivity (Wildman–Crippen MR) is 75.3 cm³/mol. The maximum Gasteiger partial charge on any atom is 0.319 e. The number of carbonyl (C=O) groups excluding carboxylic acids is 1. The highest BCUT2D eigenvalue weighted by Crippen LogP contribution is 2.18. The number of rotatable bonds is 4. The Kier molecular flexibility index (Phi) is 4.63. The number of amides is 2. The minimum absolute atomic E-state index is 0.184. The summed E-state index contributed by atoms with van der Waals surface area (Å²) in [7, 11) is 0. The van der Waals surface area contributed by atoms with Crippen molar-refractivity contribution in [2.24, 2.45) is 5.73 Å². The zero-order valence-electron chi connectivity index (χ0n) is 11.1. The van der Waals surface area contributed by atoms with Crippen molar-refractivity contribution in [3.63, 3.8) is 0 Å². The van der Waals surface area contributed by atoms with Crippen LogP contribution in [-0.2, 0) is 0 Å². The molecule has 19 heavy (non-hydrogen) atoms. The maximum atomic E-state index is 11.5. The average molecular weight is 263 g/mol. The highest BCUT2D eigenvalue weighted by molar-refractivity contribution is 5.90. The first-order chi connectivity index (χ1) is 9.16. The molecule has 2 rings (SSSR count). The summed E-state index contributed by atoms with van der Waals surface area (Å²) >= 11 is 0. The molecule has 1 aromatic rings. The lowest BCUT2D eigenvalue weighted by Crippen LogP contribution is -2.42. The molecular weight excluding hydrogens is 242 g/mol. The normalized spacial score (nSPS) is 16.2. The summed E-state index contributed by atoms with van der Waals surface area (Å²) in [5, 5.41) is 9.27. The van der Waals surface area contributed by atoms with Gasteiger partial charge in [-0.25, -0.2) is 4.79 Å². The molecule has 2 amide bonds. The fourth-order valence-corrected chi connectivity index (χ4v) is 2.42. The van der Waals surface area contributed by atoms with Crippen LogP contribution in [0.2, 0.25) is 0 Å². The number of aromatic hydroxyl groups is 1. The Hall–Kier alpha value is -1.75. The minimum Gasteiger partial charge on any atom is -0.508 e. The Bertz CT molecular complexity index is 413. The number of carbonyl (C=O) groups is 1. The molecule has 0 aromatic heterocycles. The number of phenols is 1. The summed E-state index contributed by atoms with van der Waals surface area (Å²) in [4.78, 5) is 15.4. The second-order valence-corrected chi connectivity index (χ2v) is 4.91.